The molecule has 0 amide bonds. The van der Waals surface area contributed by atoms with E-state index < -0.39 is 37.7 Å². The van der Waals surface area contributed by atoms with E-state index in [2.05, 4.69) is 0 Å². The van der Waals surface area contributed by atoms with Crippen LogP contribution >= 0.6 is 7.60 Å². The van der Waals surface area contributed by atoms with Gasteiger partial charge in [-0.3, -0.25) is 4.57 Å². The van der Waals surface area contributed by atoms with Crippen molar-refractivity contribution in [1.82, 2.24) is 0 Å². The van der Waals surface area contributed by atoms with Crippen LogP contribution in [0.1, 0.15) is 30.8 Å². The van der Waals surface area contributed by atoms with E-state index in [1.807, 2.05) is 6.07 Å². The van der Waals surface area contributed by atoms with Gasteiger partial charge in [-0.05, 0) is 37.1 Å². The van der Waals surface area contributed by atoms with Crippen molar-refractivity contribution in [1.29, 1.82) is 0 Å². The number of halogens is 2. The van der Waals surface area contributed by atoms with E-state index in [0.717, 1.165) is 17.7 Å². The summed E-state index contributed by atoms with van der Waals surface area (Å²) in [6.07, 6.45) is 0. The average molecular weight is 428 g/mol. The first-order valence-electron chi connectivity index (χ1n) is 9.04. The summed E-state index contributed by atoms with van der Waals surface area (Å²) in [7, 11) is -3.94. The SMILES string of the molecule is CCOP(=O)(OCC)C(OCC(=O)OCc1ccccc1)c1ccc(F)c(F)c1. The highest BCUT2D eigenvalue weighted by Gasteiger charge is 2.39. The van der Waals surface area contributed by atoms with Crippen LogP contribution < -0.4 is 0 Å². The highest BCUT2D eigenvalue weighted by atomic mass is 31.2. The highest BCUT2D eigenvalue weighted by molar-refractivity contribution is 7.54. The molecule has 0 saturated heterocycles. The third-order valence-electron chi connectivity index (χ3n) is 3.74. The van der Waals surface area contributed by atoms with Crippen molar-refractivity contribution in [3.63, 3.8) is 0 Å². The van der Waals surface area contributed by atoms with Gasteiger partial charge in [-0.2, -0.15) is 0 Å². The highest BCUT2D eigenvalue weighted by Crippen LogP contribution is 2.61. The molecule has 0 aromatic heterocycles. The van der Waals surface area contributed by atoms with Crippen molar-refractivity contribution >= 4 is 13.6 Å². The van der Waals surface area contributed by atoms with Crippen molar-refractivity contribution in [2.24, 2.45) is 0 Å². The summed E-state index contributed by atoms with van der Waals surface area (Å²) in [5.41, 5.74) is 0.803. The van der Waals surface area contributed by atoms with Crippen LogP contribution in [0.25, 0.3) is 0 Å². The second-order valence-corrected chi connectivity index (χ2v) is 7.92. The summed E-state index contributed by atoms with van der Waals surface area (Å²) in [4.78, 5) is 12.1. The van der Waals surface area contributed by atoms with Gasteiger partial charge in [0, 0.05) is 0 Å². The van der Waals surface area contributed by atoms with Gasteiger partial charge in [0.1, 0.15) is 13.2 Å². The largest absolute Gasteiger partial charge is 0.459 e. The second kappa shape index (κ2) is 11.2. The quantitative estimate of drug-likeness (QED) is 0.371. The standard InChI is InChI=1S/C20H23F2O6P/c1-3-27-29(24,28-4-2)20(16-10-11-17(21)18(22)12-16)26-14-19(23)25-13-15-8-6-5-7-9-15/h5-12,20H,3-4,13-14H2,1-2H3. The summed E-state index contributed by atoms with van der Waals surface area (Å²) in [6, 6.07) is 11.9. The van der Waals surface area contributed by atoms with Crippen LogP contribution in [0.3, 0.4) is 0 Å². The molecule has 0 heterocycles. The lowest BCUT2D eigenvalue weighted by molar-refractivity contribution is -0.151. The smallest absolute Gasteiger partial charge is 0.363 e. The Labute approximate surface area is 168 Å². The van der Waals surface area contributed by atoms with Crippen LogP contribution in [-0.4, -0.2) is 25.8 Å². The molecule has 0 N–H and O–H groups in total. The van der Waals surface area contributed by atoms with E-state index in [4.69, 9.17) is 18.5 Å². The molecule has 9 heteroatoms. The van der Waals surface area contributed by atoms with Gasteiger partial charge in [0.2, 0.25) is 0 Å². The molecule has 0 aliphatic heterocycles. The lowest BCUT2D eigenvalue weighted by Gasteiger charge is -2.26. The van der Waals surface area contributed by atoms with Gasteiger partial charge in [0.15, 0.2) is 17.5 Å². The fourth-order valence-corrected chi connectivity index (χ4v) is 4.34. The van der Waals surface area contributed by atoms with Crippen LogP contribution in [0, 0.1) is 11.6 Å². The summed E-state index contributed by atoms with van der Waals surface area (Å²) in [5, 5.41) is 0. The van der Waals surface area contributed by atoms with E-state index >= 15 is 0 Å². The molecule has 6 nitrogen and oxygen atoms in total. The Bertz CT molecular complexity index is 836. The third-order valence-corrected chi connectivity index (χ3v) is 5.99. The van der Waals surface area contributed by atoms with Gasteiger partial charge >= 0.3 is 13.6 Å². The fourth-order valence-electron chi connectivity index (χ4n) is 2.50. The van der Waals surface area contributed by atoms with Crippen molar-refractivity contribution in [3.8, 4) is 0 Å². The number of ether oxygens (including phenoxy) is 2. The minimum Gasteiger partial charge on any atom is -0.459 e. The molecule has 0 aliphatic carbocycles. The number of esters is 1. The molecule has 29 heavy (non-hydrogen) atoms. The first kappa shape index (κ1) is 23.2. The van der Waals surface area contributed by atoms with Gasteiger partial charge in [0.05, 0.1) is 13.2 Å². The molecule has 2 aromatic rings. The maximum Gasteiger partial charge on any atom is 0.363 e. The zero-order valence-corrected chi connectivity index (χ0v) is 17.1. The maximum atomic E-state index is 13.7. The Kier molecular flexibility index (Phi) is 8.92. The van der Waals surface area contributed by atoms with Crippen LogP contribution in [0.15, 0.2) is 48.5 Å². The Morgan fingerprint density at radius 2 is 1.66 bits per heavy atom. The molecule has 0 bridgehead atoms. The number of hydrogen-bond donors (Lipinski definition) is 0. The molecule has 158 valence electrons. The number of benzene rings is 2. The Morgan fingerprint density at radius 1 is 1.00 bits per heavy atom. The lowest BCUT2D eigenvalue weighted by Crippen LogP contribution is -2.18. The van der Waals surface area contributed by atoms with E-state index in [1.54, 1.807) is 38.1 Å². The molecule has 1 atom stereocenters. The molecular weight excluding hydrogens is 405 g/mol. The van der Waals surface area contributed by atoms with Crippen LogP contribution in [0.5, 0.6) is 0 Å². The van der Waals surface area contributed by atoms with Gasteiger partial charge in [-0.25, -0.2) is 13.6 Å². The minimum absolute atomic E-state index is 0.0185. The molecule has 1 unspecified atom stereocenters. The van der Waals surface area contributed by atoms with Crippen LogP contribution in [0.2, 0.25) is 0 Å². The Morgan fingerprint density at radius 3 is 2.24 bits per heavy atom. The monoisotopic (exact) mass is 428 g/mol. The van der Waals surface area contributed by atoms with Gasteiger partial charge in [-0.1, -0.05) is 36.4 Å². The summed E-state index contributed by atoms with van der Waals surface area (Å²) < 4.78 is 61.3. The molecule has 2 rings (SSSR count). The van der Waals surface area contributed by atoms with Gasteiger partial charge in [-0.15, -0.1) is 0 Å². The summed E-state index contributed by atoms with van der Waals surface area (Å²) >= 11 is 0. The third kappa shape index (κ3) is 6.72. The Hall–Kier alpha value is -2.12. The average Bonchev–Trinajstić information content (AvgIpc) is 2.70. The number of carbonyl (C=O) groups is 1. The van der Waals surface area contributed by atoms with Crippen molar-refractivity contribution < 1.29 is 36.7 Å². The molecule has 2 aromatic carbocycles. The minimum atomic E-state index is -3.94. The zero-order chi connectivity index (χ0) is 21.3. The Balaban J connectivity index is 2.15. The predicted molar refractivity (Wildman–Crippen MR) is 102 cm³/mol. The first-order valence-corrected chi connectivity index (χ1v) is 10.7. The second-order valence-electron chi connectivity index (χ2n) is 5.86. The molecule has 0 saturated carbocycles. The van der Waals surface area contributed by atoms with Gasteiger partial charge < -0.3 is 18.5 Å². The predicted octanol–water partition coefficient (Wildman–Crippen LogP) is 4.99. The zero-order valence-electron chi connectivity index (χ0n) is 16.2. The van der Waals surface area contributed by atoms with Crippen LogP contribution in [0.4, 0.5) is 8.78 Å². The van der Waals surface area contributed by atoms with Crippen molar-refractivity contribution in [2.75, 3.05) is 19.8 Å². The van der Waals surface area contributed by atoms with Crippen molar-refractivity contribution in [2.45, 2.75) is 26.3 Å². The van der Waals surface area contributed by atoms with Crippen LogP contribution in [-0.2, 0) is 34.5 Å². The van der Waals surface area contributed by atoms with E-state index in [0.29, 0.717) is 0 Å². The van der Waals surface area contributed by atoms with E-state index in [-0.39, 0.29) is 25.4 Å². The lowest BCUT2D eigenvalue weighted by atomic mass is 10.2. The van der Waals surface area contributed by atoms with E-state index in [9.17, 15) is 18.1 Å². The molecular formula is C20H23F2O6P. The maximum absolute atomic E-state index is 13.7. The first-order chi connectivity index (χ1) is 13.9. The van der Waals surface area contributed by atoms with E-state index in [1.165, 1.54) is 6.07 Å². The summed E-state index contributed by atoms with van der Waals surface area (Å²) in [5.74, 6) is -4.37. The normalized spacial score (nSPS) is 12.6. The summed E-state index contributed by atoms with van der Waals surface area (Å²) in [6.45, 7) is 2.71. The molecule has 0 aliphatic rings. The number of carbonyl (C=O) groups excluding carboxylic acids is 1. The number of hydrogen-bond acceptors (Lipinski definition) is 6. The number of rotatable bonds is 11. The van der Waals surface area contributed by atoms with Crippen molar-refractivity contribution in [3.05, 3.63) is 71.3 Å². The molecule has 0 fully saturated rings. The fraction of sp³-hybridized carbons (Fsp3) is 0.350. The molecule has 0 spiro atoms. The molecule has 0 radical (unpaired) electrons. The topological polar surface area (TPSA) is 71.1 Å². The van der Waals surface area contributed by atoms with Gasteiger partial charge in [0.25, 0.3) is 0 Å².